The van der Waals surface area contributed by atoms with Crippen molar-refractivity contribution in [2.75, 3.05) is 14.2 Å². The molecule has 0 rings (SSSR count). The summed E-state index contributed by atoms with van der Waals surface area (Å²) in [6.07, 6.45) is -0.910. The zero-order chi connectivity index (χ0) is 13.6. The zero-order valence-electron chi connectivity index (χ0n) is 10.4. The first-order chi connectivity index (χ1) is 7.80. The summed E-state index contributed by atoms with van der Waals surface area (Å²) in [6, 6.07) is 0. The van der Waals surface area contributed by atoms with Gasteiger partial charge >= 0.3 is 11.9 Å². The van der Waals surface area contributed by atoms with Crippen molar-refractivity contribution in [1.29, 1.82) is 0 Å². The van der Waals surface area contributed by atoms with Crippen molar-refractivity contribution >= 4 is 23.5 Å². The molecule has 0 saturated heterocycles. The van der Waals surface area contributed by atoms with Crippen LogP contribution >= 0.6 is 0 Å². The quantitative estimate of drug-likeness (QED) is 0.492. The summed E-state index contributed by atoms with van der Waals surface area (Å²) in [5, 5.41) is 0. The van der Waals surface area contributed by atoms with Crippen molar-refractivity contribution in [3.05, 3.63) is 0 Å². The minimum atomic E-state index is -1.68. The van der Waals surface area contributed by atoms with Crippen LogP contribution in [0.5, 0.6) is 0 Å². The first kappa shape index (κ1) is 15.3. The van der Waals surface area contributed by atoms with Crippen LogP contribution in [0.15, 0.2) is 0 Å². The Balaban J connectivity index is 5.28. The minimum absolute atomic E-state index is 0.455. The Bertz CT molecular complexity index is 310. The van der Waals surface area contributed by atoms with E-state index in [1.165, 1.54) is 0 Å². The van der Waals surface area contributed by atoms with Gasteiger partial charge in [0.05, 0.1) is 27.1 Å². The number of carbonyl (C=O) groups is 4. The SMILES string of the molecule is COC(=O)CC(CC(=O)OC)(C(C)=O)C(C)=O. The second-order valence-corrected chi connectivity index (χ2v) is 3.70. The van der Waals surface area contributed by atoms with Crippen LogP contribution in [0.2, 0.25) is 0 Å². The summed E-state index contributed by atoms with van der Waals surface area (Å²) >= 11 is 0. The average Bonchev–Trinajstić information content (AvgIpc) is 2.26. The van der Waals surface area contributed by atoms with Crippen molar-refractivity contribution in [3.63, 3.8) is 0 Å². The second kappa shape index (κ2) is 6.12. The normalized spacial score (nSPS) is 10.6. The lowest BCUT2D eigenvalue weighted by Crippen LogP contribution is -2.41. The molecular formula is C11H16O6. The average molecular weight is 244 g/mol. The molecule has 0 aliphatic rings. The van der Waals surface area contributed by atoms with E-state index in [-0.39, 0.29) is 0 Å². The van der Waals surface area contributed by atoms with Gasteiger partial charge in [0.15, 0.2) is 0 Å². The molecule has 6 nitrogen and oxygen atoms in total. The zero-order valence-corrected chi connectivity index (χ0v) is 10.4. The fraction of sp³-hybridized carbons (Fsp3) is 0.636. The van der Waals surface area contributed by atoms with Gasteiger partial charge in [-0.2, -0.15) is 0 Å². The van der Waals surface area contributed by atoms with E-state index in [0.29, 0.717) is 0 Å². The number of hydrogen-bond acceptors (Lipinski definition) is 6. The predicted octanol–water partition coefficient (Wildman–Crippen LogP) is 0.277. The molecule has 0 heterocycles. The summed E-state index contributed by atoms with van der Waals surface area (Å²) in [5.41, 5.74) is -1.68. The summed E-state index contributed by atoms with van der Waals surface area (Å²) in [5.74, 6) is -2.56. The maximum Gasteiger partial charge on any atom is 0.307 e. The molecule has 0 aliphatic heterocycles. The first-order valence-corrected chi connectivity index (χ1v) is 4.96. The van der Waals surface area contributed by atoms with Gasteiger partial charge in [0.25, 0.3) is 0 Å². The number of ketones is 2. The fourth-order valence-corrected chi connectivity index (χ4v) is 1.45. The molecule has 0 atom stereocenters. The van der Waals surface area contributed by atoms with Crippen molar-refractivity contribution in [2.45, 2.75) is 26.7 Å². The highest BCUT2D eigenvalue weighted by Crippen LogP contribution is 2.30. The molecule has 6 heteroatoms. The lowest BCUT2D eigenvalue weighted by Gasteiger charge is -2.25. The van der Waals surface area contributed by atoms with E-state index in [9.17, 15) is 19.2 Å². The number of carbonyl (C=O) groups excluding carboxylic acids is 4. The van der Waals surface area contributed by atoms with E-state index >= 15 is 0 Å². The van der Waals surface area contributed by atoms with Crippen LogP contribution in [0.25, 0.3) is 0 Å². The molecule has 0 aromatic rings. The smallest absolute Gasteiger partial charge is 0.307 e. The van der Waals surface area contributed by atoms with Gasteiger partial charge in [0.2, 0.25) is 0 Å². The predicted molar refractivity (Wildman–Crippen MR) is 57.1 cm³/mol. The topological polar surface area (TPSA) is 86.7 Å². The number of rotatable bonds is 6. The largest absolute Gasteiger partial charge is 0.469 e. The Kier molecular flexibility index (Phi) is 5.50. The molecule has 0 N–H and O–H groups in total. The van der Waals surface area contributed by atoms with Gasteiger partial charge in [-0.05, 0) is 13.8 Å². The minimum Gasteiger partial charge on any atom is -0.469 e. The Hall–Kier alpha value is -1.72. The van der Waals surface area contributed by atoms with Crippen molar-refractivity contribution in [2.24, 2.45) is 5.41 Å². The molecule has 0 amide bonds. The third kappa shape index (κ3) is 3.65. The molecule has 0 saturated carbocycles. The Morgan fingerprint density at radius 1 is 0.824 bits per heavy atom. The molecule has 0 aromatic carbocycles. The first-order valence-electron chi connectivity index (χ1n) is 4.96. The molecule has 0 aliphatic carbocycles. The fourth-order valence-electron chi connectivity index (χ4n) is 1.45. The van der Waals surface area contributed by atoms with Gasteiger partial charge in [0.1, 0.15) is 17.0 Å². The van der Waals surface area contributed by atoms with Gasteiger partial charge in [-0.15, -0.1) is 0 Å². The van der Waals surface area contributed by atoms with Crippen molar-refractivity contribution in [3.8, 4) is 0 Å². The van der Waals surface area contributed by atoms with Crippen LogP contribution in [-0.2, 0) is 28.7 Å². The summed E-state index contributed by atoms with van der Waals surface area (Å²) in [6.45, 7) is 2.32. The van der Waals surface area contributed by atoms with Crippen LogP contribution in [0.1, 0.15) is 26.7 Å². The maximum atomic E-state index is 11.6. The monoisotopic (exact) mass is 244 g/mol. The number of esters is 2. The molecule has 0 unspecified atom stereocenters. The van der Waals surface area contributed by atoms with E-state index in [2.05, 4.69) is 9.47 Å². The summed E-state index contributed by atoms with van der Waals surface area (Å²) < 4.78 is 8.85. The number of ether oxygens (including phenoxy) is 2. The summed E-state index contributed by atoms with van der Waals surface area (Å²) in [7, 11) is 2.29. The highest BCUT2D eigenvalue weighted by atomic mass is 16.5. The molecule has 0 aromatic heterocycles. The van der Waals surface area contributed by atoms with Crippen LogP contribution in [0, 0.1) is 5.41 Å². The maximum absolute atomic E-state index is 11.6. The Morgan fingerprint density at radius 2 is 1.12 bits per heavy atom. The molecule has 0 fully saturated rings. The lowest BCUT2D eigenvalue weighted by molar-refractivity contribution is -0.157. The van der Waals surface area contributed by atoms with E-state index in [4.69, 9.17) is 0 Å². The third-order valence-electron chi connectivity index (χ3n) is 2.70. The van der Waals surface area contributed by atoms with Crippen molar-refractivity contribution in [1.82, 2.24) is 0 Å². The van der Waals surface area contributed by atoms with E-state index < -0.39 is 41.8 Å². The van der Waals surface area contributed by atoms with Gasteiger partial charge in [-0.25, -0.2) is 0 Å². The van der Waals surface area contributed by atoms with Gasteiger partial charge in [-0.1, -0.05) is 0 Å². The van der Waals surface area contributed by atoms with E-state index in [1.807, 2.05) is 0 Å². The number of methoxy groups -OCH3 is 2. The number of hydrogen-bond donors (Lipinski definition) is 0. The molecule has 0 bridgehead atoms. The highest BCUT2D eigenvalue weighted by Gasteiger charge is 2.45. The van der Waals surface area contributed by atoms with Crippen LogP contribution < -0.4 is 0 Å². The van der Waals surface area contributed by atoms with Crippen LogP contribution in [0.3, 0.4) is 0 Å². The lowest BCUT2D eigenvalue weighted by atomic mass is 9.74. The molecule has 0 spiro atoms. The summed E-state index contributed by atoms with van der Waals surface area (Å²) in [4.78, 5) is 45.6. The Morgan fingerprint density at radius 3 is 1.29 bits per heavy atom. The standard InChI is InChI=1S/C11H16O6/c1-7(12)11(8(2)13,5-9(14)16-3)6-10(15)17-4/h5-6H2,1-4H3. The van der Waals surface area contributed by atoms with Crippen LogP contribution in [0.4, 0.5) is 0 Å². The van der Waals surface area contributed by atoms with E-state index in [1.54, 1.807) is 0 Å². The van der Waals surface area contributed by atoms with Crippen LogP contribution in [-0.4, -0.2) is 37.7 Å². The van der Waals surface area contributed by atoms with Gasteiger partial charge < -0.3 is 9.47 Å². The van der Waals surface area contributed by atoms with E-state index in [0.717, 1.165) is 28.1 Å². The highest BCUT2D eigenvalue weighted by molar-refractivity contribution is 6.09. The van der Waals surface area contributed by atoms with Gasteiger partial charge in [0, 0.05) is 0 Å². The third-order valence-corrected chi connectivity index (χ3v) is 2.70. The van der Waals surface area contributed by atoms with Gasteiger partial charge in [-0.3, -0.25) is 19.2 Å². The van der Waals surface area contributed by atoms with Crippen molar-refractivity contribution < 1.29 is 28.7 Å². The number of Topliss-reactive ketones (excluding diaryl/α,β-unsaturated/α-hetero) is 2. The second-order valence-electron chi connectivity index (χ2n) is 3.70. The Labute approximate surface area is 99.3 Å². The molecular weight excluding hydrogens is 228 g/mol. The molecule has 17 heavy (non-hydrogen) atoms. The molecule has 96 valence electrons. The molecule has 0 radical (unpaired) electrons.